The molecule has 0 amide bonds. The molecule has 0 saturated heterocycles. The minimum atomic E-state index is 0.647. The van der Waals surface area contributed by atoms with Gasteiger partial charge in [0.25, 0.3) is 0 Å². The number of para-hydroxylation sites is 1. The molecule has 0 atom stereocenters. The molecule has 1 aliphatic heterocycles. The highest BCUT2D eigenvalue weighted by Gasteiger charge is 2.29. The van der Waals surface area contributed by atoms with Crippen molar-refractivity contribution in [3.63, 3.8) is 0 Å². The summed E-state index contributed by atoms with van der Waals surface area (Å²) in [6.07, 6.45) is 3.62. The van der Waals surface area contributed by atoms with E-state index in [2.05, 4.69) is 126 Å². The van der Waals surface area contributed by atoms with E-state index in [0.29, 0.717) is 5.95 Å². The van der Waals surface area contributed by atoms with Gasteiger partial charge in [0, 0.05) is 29.1 Å². The second-order valence-electron chi connectivity index (χ2n) is 9.10. The molecular formula is C34H23N3. The Morgan fingerprint density at radius 3 is 1.73 bits per heavy atom. The van der Waals surface area contributed by atoms with Crippen molar-refractivity contribution in [3.8, 4) is 44.5 Å². The molecule has 0 spiro atoms. The Morgan fingerprint density at radius 2 is 1.00 bits per heavy atom. The fourth-order valence-corrected chi connectivity index (χ4v) is 5.30. The monoisotopic (exact) mass is 473 g/mol. The summed E-state index contributed by atoms with van der Waals surface area (Å²) in [6, 6.07) is 44.9. The molecule has 0 bridgehead atoms. The maximum absolute atomic E-state index is 4.73. The van der Waals surface area contributed by atoms with Gasteiger partial charge in [0.05, 0.1) is 11.4 Å². The van der Waals surface area contributed by atoms with Crippen molar-refractivity contribution >= 4 is 17.3 Å². The first-order valence-electron chi connectivity index (χ1n) is 12.4. The van der Waals surface area contributed by atoms with Gasteiger partial charge in [0.15, 0.2) is 0 Å². The SMILES string of the molecule is c1ccc(-c2ccc3c(c2)-c2ccccc2-c2cccc(-c4ccccc4)c2N3c2ncccn2)cc1. The van der Waals surface area contributed by atoms with Crippen molar-refractivity contribution < 1.29 is 0 Å². The lowest BCUT2D eigenvalue weighted by molar-refractivity contribution is 1.08. The summed E-state index contributed by atoms with van der Waals surface area (Å²) in [5.41, 5.74) is 11.5. The van der Waals surface area contributed by atoms with Gasteiger partial charge in [0.1, 0.15) is 0 Å². The largest absolute Gasteiger partial charge is 0.277 e. The summed E-state index contributed by atoms with van der Waals surface area (Å²) < 4.78 is 0. The van der Waals surface area contributed by atoms with E-state index in [-0.39, 0.29) is 0 Å². The average Bonchev–Trinajstić information content (AvgIpc) is 3.11. The highest BCUT2D eigenvalue weighted by molar-refractivity contribution is 6.06. The van der Waals surface area contributed by atoms with Crippen LogP contribution < -0.4 is 4.90 Å². The number of nitrogens with zero attached hydrogens (tertiary/aromatic N) is 3. The van der Waals surface area contributed by atoms with Gasteiger partial charge in [-0.15, -0.1) is 0 Å². The molecule has 0 fully saturated rings. The van der Waals surface area contributed by atoms with Crippen LogP contribution in [-0.4, -0.2) is 9.97 Å². The Labute approximate surface area is 216 Å². The van der Waals surface area contributed by atoms with E-state index in [1.165, 1.54) is 22.3 Å². The van der Waals surface area contributed by atoms with Crippen LogP contribution in [0.3, 0.4) is 0 Å². The van der Waals surface area contributed by atoms with Gasteiger partial charge in [0.2, 0.25) is 5.95 Å². The zero-order valence-corrected chi connectivity index (χ0v) is 20.1. The van der Waals surface area contributed by atoms with E-state index < -0.39 is 0 Å². The van der Waals surface area contributed by atoms with Crippen molar-refractivity contribution in [2.24, 2.45) is 0 Å². The fourth-order valence-electron chi connectivity index (χ4n) is 5.30. The van der Waals surface area contributed by atoms with E-state index >= 15 is 0 Å². The van der Waals surface area contributed by atoms with E-state index in [0.717, 1.165) is 33.6 Å². The molecule has 3 nitrogen and oxygen atoms in total. The third kappa shape index (κ3) is 3.60. The quantitative estimate of drug-likeness (QED) is 0.256. The van der Waals surface area contributed by atoms with Crippen LogP contribution >= 0.6 is 0 Å². The second-order valence-corrected chi connectivity index (χ2v) is 9.10. The predicted molar refractivity (Wildman–Crippen MR) is 152 cm³/mol. The zero-order chi connectivity index (χ0) is 24.6. The van der Waals surface area contributed by atoms with Crippen LogP contribution in [0.15, 0.2) is 140 Å². The van der Waals surface area contributed by atoms with Gasteiger partial charge in [-0.2, -0.15) is 0 Å². The Morgan fingerprint density at radius 1 is 0.405 bits per heavy atom. The van der Waals surface area contributed by atoms with Crippen molar-refractivity contribution in [2.45, 2.75) is 0 Å². The molecule has 174 valence electrons. The van der Waals surface area contributed by atoms with E-state index in [1.807, 2.05) is 18.5 Å². The molecule has 5 aromatic carbocycles. The normalized spacial score (nSPS) is 11.7. The molecule has 0 saturated carbocycles. The standard InChI is InChI=1S/C34H23N3/c1-3-11-24(12-4-1)26-19-20-32-31(23-26)29-16-8-7-15-28(29)30-18-9-17-27(25-13-5-2-6-14-25)33(30)37(32)34-35-21-10-22-36-34/h1-23H. The van der Waals surface area contributed by atoms with Crippen LogP contribution in [0.5, 0.6) is 0 Å². The first kappa shape index (κ1) is 21.3. The molecule has 0 radical (unpaired) electrons. The zero-order valence-electron chi connectivity index (χ0n) is 20.1. The highest BCUT2D eigenvalue weighted by atomic mass is 15.3. The molecule has 1 aromatic heterocycles. The number of hydrogen-bond donors (Lipinski definition) is 0. The molecular weight excluding hydrogens is 450 g/mol. The fraction of sp³-hybridized carbons (Fsp3) is 0. The van der Waals surface area contributed by atoms with Gasteiger partial charge >= 0.3 is 0 Å². The lowest BCUT2D eigenvalue weighted by atomic mass is 9.91. The van der Waals surface area contributed by atoms with Crippen molar-refractivity contribution in [2.75, 3.05) is 4.90 Å². The first-order valence-corrected chi connectivity index (χ1v) is 12.4. The van der Waals surface area contributed by atoms with E-state index in [1.54, 1.807) is 0 Å². The number of fused-ring (bicyclic) bond motifs is 5. The van der Waals surface area contributed by atoms with Crippen molar-refractivity contribution in [3.05, 3.63) is 140 Å². The predicted octanol–water partition coefficient (Wildman–Crippen LogP) is 8.93. The van der Waals surface area contributed by atoms with Gasteiger partial charge in [-0.25, -0.2) is 9.97 Å². The van der Waals surface area contributed by atoms with E-state index in [9.17, 15) is 0 Å². The first-order chi connectivity index (χ1) is 18.4. The van der Waals surface area contributed by atoms with Crippen LogP contribution in [0.2, 0.25) is 0 Å². The summed E-state index contributed by atoms with van der Waals surface area (Å²) in [4.78, 5) is 11.7. The molecule has 1 aliphatic rings. The summed E-state index contributed by atoms with van der Waals surface area (Å²) >= 11 is 0. The minimum Gasteiger partial charge on any atom is -0.277 e. The topological polar surface area (TPSA) is 29.0 Å². The number of anilines is 3. The molecule has 37 heavy (non-hydrogen) atoms. The third-order valence-corrected chi connectivity index (χ3v) is 6.95. The smallest absolute Gasteiger partial charge is 0.234 e. The number of aromatic nitrogens is 2. The van der Waals surface area contributed by atoms with Crippen LogP contribution in [0.25, 0.3) is 44.5 Å². The number of hydrogen-bond acceptors (Lipinski definition) is 3. The van der Waals surface area contributed by atoms with Crippen LogP contribution in [0.4, 0.5) is 17.3 Å². The van der Waals surface area contributed by atoms with Crippen molar-refractivity contribution in [1.82, 2.24) is 9.97 Å². The van der Waals surface area contributed by atoms with Crippen LogP contribution in [0.1, 0.15) is 0 Å². The Balaban J connectivity index is 1.60. The number of benzene rings is 5. The Kier molecular flexibility index (Phi) is 5.11. The van der Waals surface area contributed by atoms with Crippen molar-refractivity contribution in [1.29, 1.82) is 0 Å². The maximum Gasteiger partial charge on any atom is 0.234 e. The minimum absolute atomic E-state index is 0.647. The highest BCUT2D eigenvalue weighted by Crippen LogP contribution is 2.53. The summed E-state index contributed by atoms with van der Waals surface area (Å²) in [5.74, 6) is 0.647. The maximum atomic E-state index is 4.73. The van der Waals surface area contributed by atoms with Gasteiger partial charge in [-0.3, -0.25) is 4.90 Å². The summed E-state index contributed by atoms with van der Waals surface area (Å²) in [7, 11) is 0. The molecule has 7 rings (SSSR count). The van der Waals surface area contributed by atoms with E-state index in [4.69, 9.17) is 9.97 Å². The molecule has 3 heteroatoms. The van der Waals surface area contributed by atoms with Gasteiger partial charge in [-0.05, 0) is 46.0 Å². The lowest BCUT2D eigenvalue weighted by Gasteiger charge is -2.27. The molecule has 0 aliphatic carbocycles. The molecule has 0 unspecified atom stereocenters. The molecule has 2 heterocycles. The Bertz CT molecular complexity index is 1700. The third-order valence-electron chi connectivity index (χ3n) is 6.95. The van der Waals surface area contributed by atoms with Gasteiger partial charge < -0.3 is 0 Å². The lowest BCUT2D eigenvalue weighted by Crippen LogP contribution is -2.15. The number of rotatable bonds is 3. The summed E-state index contributed by atoms with van der Waals surface area (Å²) in [5, 5.41) is 0. The molecule has 6 aromatic rings. The molecule has 0 N–H and O–H groups in total. The second kappa shape index (κ2) is 8.89. The van der Waals surface area contributed by atoms with Crippen LogP contribution in [-0.2, 0) is 0 Å². The van der Waals surface area contributed by atoms with Gasteiger partial charge in [-0.1, -0.05) is 109 Å². The Hall–Kier alpha value is -5.02. The summed E-state index contributed by atoms with van der Waals surface area (Å²) in [6.45, 7) is 0. The average molecular weight is 474 g/mol. The van der Waals surface area contributed by atoms with Crippen LogP contribution in [0, 0.1) is 0 Å².